The monoisotopic (exact) mass is 424 g/mol. The standard InChI is InChI=1S/C19H21FN2O4S2/c1-5-26-19(25)15-11(2)16(18(24)22(3)4)28-17(15)21-14(23)10-27-13-9-7-6-8-12(13)20/h6-9H,5,10H2,1-4H3,(H,21,23). The maximum Gasteiger partial charge on any atom is 0.341 e. The molecule has 6 nitrogen and oxygen atoms in total. The Labute approximate surface area is 171 Å². The minimum absolute atomic E-state index is 0.0445. The number of carbonyl (C=O) groups is 3. The van der Waals surface area contributed by atoms with Crippen LogP contribution in [0.15, 0.2) is 29.2 Å². The number of hydrogen-bond acceptors (Lipinski definition) is 6. The van der Waals surface area contributed by atoms with Gasteiger partial charge in [0.15, 0.2) is 0 Å². The number of ether oxygens (including phenoxy) is 1. The lowest BCUT2D eigenvalue weighted by molar-refractivity contribution is -0.113. The van der Waals surface area contributed by atoms with Gasteiger partial charge in [0.2, 0.25) is 5.91 Å². The SMILES string of the molecule is CCOC(=O)c1c(NC(=O)CSc2ccccc2F)sc(C(=O)N(C)C)c1C. The molecule has 0 fully saturated rings. The molecule has 0 spiro atoms. The molecule has 1 aromatic heterocycles. The van der Waals surface area contributed by atoms with Crippen LogP contribution in [0.4, 0.5) is 9.39 Å². The Kier molecular flexibility index (Phi) is 7.59. The van der Waals surface area contributed by atoms with Crippen molar-refractivity contribution in [1.29, 1.82) is 0 Å². The summed E-state index contributed by atoms with van der Waals surface area (Å²) in [6.07, 6.45) is 0. The third-order valence-electron chi connectivity index (χ3n) is 3.68. The molecule has 1 heterocycles. The van der Waals surface area contributed by atoms with E-state index in [1.54, 1.807) is 46.1 Å². The minimum atomic E-state index is -0.605. The first kappa shape index (κ1) is 21.9. The van der Waals surface area contributed by atoms with E-state index < -0.39 is 17.7 Å². The van der Waals surface area contributed by atoms with Crippen molar-refractivity contribution in [1.82, 2.24) is 4.90 Å². The summed E-state index contributed by atoms with van der Waals surface area (Å²) in [5, 5.41) is 2.91. The molecule has 0 bridgehead atoms. The molecule has 9 heteroatoms. The summed E-state index contributed by atoms with van der Waals surface area (Å²) in [7, 11) is 3.21. The van der Waals surface area contributed by atoms with Crippen molar-refractivity contribution in [3.05, 3.63) is 46.1 Å². The van der Waals surface area contributed by atoms with Crippen LogP contribution in [-0.2, 0) is 9.53 Å². The largest absolute Gasteiger partial charge is 0.462 e. The molecule has 0 saturated carbocycles. The van der Waals surface area contributed by atoms with Crippen LogP contribution in [0, 0.1) is 12.7 Å². The number of rotatable bonds is 7. The van der Waals surface area contributed by atoms with E-state index in [2.05, 4.69) is 5.32 Å². The predicted octanol–water partition coefficient (Wildman–Crippen LogP) is 3.80. The summed E-state index contributed by atoms with van der Waals surface area (Å²) in [5.74, 6) is -1.74. The van der Waals surface area contributed by atoms with E-state index in [1.807, 2.05) is 0 Å². The molecule has 2 aromatic rings. The molecule has 0 aliphatic rings. The molecule has 2 rings (SSSR count). The molecule has 1 aromatic carbocycles. The van der Waals surface area contributed by atoms with Crippen molar-refractivity contribution < 1.29 is 23.5 Å². The van der Waals surface area contributed by atoms with Crippen LogP contribution in [0.2, 0.25) is 0 Å². The van der Waals surface area contributed by atoms with Gasteiger partial charge in [-0.15, -0.1) is 23.1 Å². The van der Waals surface area contributed by atoms with Crippen molar-refractivity contribution in [3.8, 4) is 0 Å². The summed E-state index contributed by atoms with van der Waals surface area (Å²) in [6, 6.07) is 6.16. The number of amides is 2. The van der Waals surface area contributed by atoms with Crippen LogP contribution < -0.4 is 5.32 Å². The summed E-state index contributed by atoms with van der Waals surface area (Å²) in [6.45, 7) is 3.49. The second-order valence-electron chi connectivity index (χ2n) is 5.95. The van der Waals surface area contributed by atoms with Gasteiger partial charge in [-0.05, 0) is 31.5 Å². The third kappa shape index (κ3) is 5.11. The number of carbonyl (C=O) groups excluding carboxylic acids is 3. The lowest BCUT2D eigenvalue weighted by atomic mass is 10.1. The van der Waals surface area contributed by atoms with E-state index in [0.717, 1.165) is 23.1 Å². The second-order valence-corrected chi connectivity index (χ2v) is 7.99. The maximum atomic E-state index is 13.7. The van der Waals surface area contributed by atoms with Crippen molar-refractivity contribution >= 4 is 45.9 Å². The lowest BCUT2D eigenvalue weighted by Crippen LogP contribution is -2.21. The number of hydrogen-bond donors (Lipinski definition) is 1. The van der Waals surface area contributed by atoms with Crippen LogP contribution in [-0.4, -0.2) is 49.1 Å². The topological polar surface area (TPSA) is 75.7 Å². The molecule has 28 heavy (non-hydrogen) atoms. The van der Waals surface area contributed by atoms with E-state index in [0.29, 0.717) is 15.3 Å². The van der Waals surface area contributed by atoms with Gasteiger partial charge in [0.05, 0.1) is 22.8 Å². The van der Waals surface area contributed by atoms with E-state index in [-0.39, 0.29) is 28.8 Å². The molecule has 0 unspecified atom stereocenters. The average molecular weight is 425 g/mol. The molecule has 0 aliphatic heterocycles. The van der Waals surface area contributed by atoms with Gasteiger partial charge in [0, 0.05) is 19.0 Å². The molecule has 1 N–H and O–H groups in total. The fourth-order valence-corrected chi connectivity index (χ4v) is 4.30. The highest BCUT2D eigenvalue weighted by atomic mass is 32.2. The maximum absolute atomic E-state index is 13.7. The third-order valence-corrected chi connectivity index (χ3v) is 5.92. The quantitative estimate of drug-likeness (QED) is 0.540. The molecule has 0 saturated heterocycles. The van der Waals surface area contributed by atoms with Gasteiger partial charge >= 0.3 is 5.97 Å². The average Bonchev–Trinajstić information content (AvgIpc) is 2.96. The van der Waals surface area contributed by atoms with Gasteiger partial charge in [0.25, 0.3) is 5.91 Å². The number of thiophene rings is 1. The lowest BCUT2D eigenvalue weighted by Gasteiger charge is -2.09. The van der Waals surface area contributed by atoms with Gasteiger partial charge in [-0.1, -0.05) is 12.1 Å². The zero-order valence-corrected chi connectivity index (χ0v) is 17.6. The summed E-state index contributed by atoms with van der Waals surface area (Å²) >= 11 is 2.07. The Morgan fingerprint density at radius 2 is 1.93 bits per heavy atom. The van der Waals surface area contributed by atoms with E-state index in [9.17, 15) is 18.8 Å². The van der Waals surface area contributed by atoms with Gasteiger partial charge in [-0.2, -0.15) is 0 Å². The molecule has 2 amide bonds. The Bertz CT molecular complexity index is 896. The van der Waals surface area contributed by atoms with Gasteiger partial charge < -0.3 is 15.0 Å². The number of thioether (sulfide) groups is 1. The van der Waals surface area contributed by atoms with E-state index >= 15 is 0 Å². The predicted molar refractivity (Wildman–Crippen MR) is 109 cm³/mol. The zero-order chi connectivity index (χ0) is 20.8. The van der Waals surface area contributed by atoms with Gasteiger partial charge in [-0.3, -0.25) is 9.59 Å². The molecule has 0 aliphatic carbocycles. The Balaban J connectivity index is 2.24. The van der Waals surface area contributed by atoms with E-state index in [1.165, 1.54) is 11.0 Å². The fourth-order valence-electron chi connectivity index (χ4n) is 2.33. The number of anilines is 1. The Hall–Kier alpha value is -2.39. The molecule has 0 radical (unpaired) electrons. The highest BCUT2D eigenvalue weighted by Gasteiger charge is 2.27. The van der Waals surface area contributed by atoms with Gasteiger partial charge in [-0.25, -0.2) is 9.18 Å². The number of nitrogens with one attached hydrogen (secondary N) is 1. The summed E-state index contributed by atoms with van der Waals surface area (Å²) in [4.78, 5) is 39.2. The highest BCUT2D eigenvalue weighted by Crippen LogP contribution is 2.34. The molecular formula is C19H21FN2O4S2. The summed E-state index contributed by atoms with van der Waals surface area (Å²) in [5.41, 5.74) is 0.625. The first-order chi connectivity index (χ1) is 13.3. The first-order valence-corrected chi connectivity index (χ1v) is 10.3. The minimum Gasteiger partial charge on any atom is -0.462 e. The second kappa shape index (κ2) is 9.70. The molecular weight excluding hydrogens is 403 g/mol. The number of benzene rings is 1. The Morgan fingerprint density at radius 1 is 1.25 bits per heavy atom. The van der Waals surface area contributed by atoms with Crippen LogP contribution in [0.25, 0.3) is 0 Å². The number of nitrogens with zero attached hydrogens (tertiary/aromatic N) is 1. The van der Waals surface area contributed by atoms with Crippen molar-refractivity contribution in [3.63, 3.8) is 0 Å². The highest BCUT2D eigenvalue weighted by molar-refractivity contribution is 8.00. The van der Waals surface area contributed by atoms with Crippen LogP contribution in [0.3, 0.4) is 0 Å². The van der Waals surface area contributed by atoms with Crippen molar-refractivity contribution in [2.45, 2.75) is 18.7 Å². The number of halogens is 1. The van der Waals surface area contributed by atoms with Crippen LogP contribution >= 0.6 is 23.1 Å². The van der Waals surface area contributed by atoms with Crippen LogP contribution in [0.5, 0.6) is 0 Å². The fraction of sp³-hybridized carbons (Fsp3) is 0.316. The summed E-state index contributed by atoms with van der Waals surface area (Å²) < 4.78 is 18.8. The van der Waals surface area contributed by atoms with Crippen molar-refractivity contribution in [2.75, 3.05) is 31.8 Å². The normalized spacial score (nSPS) is 10.5. The first-order valence-electron chi connectivity index (χ1n) is 8.45. The number of esters is 1. The van der Waals surface area contributed by atoms with E-state index in [4.69, 9.17) is 4.74 Å². The smallest absolute Gasteiger partial charge is 0.341 e. The molecule has 0 atom stereocenters. The van der Waals surface area contributed by atoms with Gasteiger partial charge in [0.1, 0.15) is 10.8 Å². The Morgan fingerprint density at radius 3 is 2.54 bits per heavy atom. The zero-order valence-electron chi connectivity index (χ0n) is 16.0. The molecule has 150 valence electrons. The van der Waals surface area contributed by atoms with Crippen molar-refractivity contribution in [2.24, 2.45) is 0 Å². The van der Waals surface area contributed by atoms with Crippen LogP contribution in [0.1, 0.15) is 32.5 Å².